The number of imidazole rings is 1. The molecule has 22 heavy (non-hydrogen) atoms. The minimum absolute atomic E-state index is 0.0741. The van der Waals surface area contributed by atoms with Crippen LogP contribution in [-0.2, 0) is 4.74 Å². The normalized spacial score (nSPS) is 31.7. The van der Waals surface area contributed by atoms with E-state index in [1.807, 2.05) is 0 Å². The van der Waals surface area contributed by atoms with Crippen LogP contribution in [0.4, 0.5) is 0 Å². The van der Waals surface area contributed by atoms with Crippen LogP contribution in [0.3, 0.4) is 0 Å². The Bertz CT molecular complexity index is 733. The van der Waals surface area contributed by atoms with Crippen LogP contribution in [0.1, 0.15) is 18.8 Å². The van der Waals surface area contributed by atoms with E-state index in [9.17, 15) is 15.3 Å². The third-order valence-corrected chi connectivity index (χ3v) is 3.97. The molecule has 3 unspecified atom stereocenters. The molecule has 4 atom stereocenters. The molecule has 0 bridgehead atoms. The van der Waals surface area contributed by atoms with Crippen molar-refractivity contribution in [1.29, 1.82) is 0 Å². The van der Waals surface area contributed by atoms with Crippen molar-refractivity contribution in [1.82, 2.24) is 19.5 Å². The van der Waals surface area contributed by atoms with Gasteiger partial charge >= 0.3 is 0 Å². The molecule has 0 aromatic carbocycles. The number of aliphatic hydroxyl groups excluding tert-OH is 2. The molecule has 1 aliphatic heterocycles. The first-order chi connectivity index (χ1) is 10.4. The smallest absolute Gasteiger partial charge is 0.168 e. The Morgan fingerprint density at radius 1 is 1.50 bits per heavy atom. The molecule has 9 nitrogen and oxygen atoms in total. The monoisotopic (exact) mass is 325 g/mol. The highest BCUT2D eigenvalue weighted by molar-refractivity contribution is 7.80. The average Bonchev–Trinajstić information content (AvgIpc) is 2.99. The van der Waals surface area contributed by atoms with Gasteiger partial charge in [0, 0.05) is 0 Å². The van der Waals surface area contributed by atoms with Crippen LogP contribution in [-0.4, -0.2) is 64.2 Å². The number of nitrogens with zero attached hydrogens (tertiary/aromatic N) is 4. The lowest BCUT2D eigenvalue weighted by molar-refractivity contribution is -0.0950. The minimum Gasteiger partial charge on any atom is -0.394 e. The van der Waals surface area contributed by atoms with Crippen molar-refractivity contribution in [3.63, 3.8) is 0 Å². The number of ether oxygens (including phenoxy) is 1. The molecule has 118 valence electrons. The van der Waals surface area contributed by atoms with Crippen LogP contribution in [0.15, 0.2) is 12.7 Å². The van der Waals surface area contributed by atoms with Gasteiger partial charge in [-0.05, 0) is 6.92 Å². The SMILES string of the molecule is CC1(O)C(n2cnc3c(C(N)=S)ncnc32)OC(CO)[C@H]1O. The molecule has 0 spiro atoms. The number of fused-ring (bicyclic) bond motifs is 1. The van der Waals surface area contributed by atoms with Gasteiger partial charge in [0.2, 0.25) is 0 Å². The first-order valence-electron chi connectivity index (χ1n) is 6.52. The summed E-state index contributed by atoms with van der Waals surface area (Å²) >= 11 is 4.92. The quantitative estimate of drug-likeness (QED) is 0.494. The molecule has 1 aliphatic rings. The van der Waals surface area contributed by atoms with Gasteiger partial charge in [-0.1, -0.05) is 12.2 Å². The zero-order valence-corrected chi connectivity index (χ0v) is 12.4. The average molecular weight is 325 g/mol. The number of rotatable bonds is 3. The van der Waals surface area contributed by atoms with E-state index in [0.717, 1.165) is 0 Å². The maximum Gasteiger partial charge on any atom is 0.168 e. The molecule has 3 heterocycles. The van der Waals surface area contributed by atoms with Gasteiger partial charge in [-0.2, -0.15) is 0 Å². The lowest BCUT2D eigenvalue weighted by atomic mass is 9.96. The summed E-state index contributed by atoms with van der Waals surface area (Å²) in [6.45, 7) is 0.993. The van der Waals surface area contributed by atoms with Crippen LogP contribution < -0.4 is 5.73 Å². The molecule has 10 heteroatoms. The summed E-state index contributed by atoms with van der Waals surface area (Å²) in [5, 5.41) is 29.8. The molecule has 3 rings (SSSR count). The number of hydrogen-bond acceptors (Lipinski definition) is 8. The first kappa shape index (κ1) is 15.2. The maximum absolute atomic E-state index is 10.5. The van der Waals surface area contributed by atoms with Gasteiger partial charge in [-0.3, -0.25) is 4.57 Å². The standard InChI is InChI=1S/C12H15N5O4S/c1-12(20)8(19)5(2-18)21-11(12)17-4-16-7-6(9(13)22)14-3-15-10(7)17/h3-5,8,11,18-20H,2H2,1H3,(H2,13,22)/t5?,8-,11?,12?/m1/s1. The second-order valence-corrected chi connectivity index (χ2v) is 5.73. The Kier molecular flexibility index (Phi) is 3.57. The molecule has 0 radical (unpaired) electrons. The second kappa shape index (κ2) is 5.18. The Balaban J connectivity index is 2.12. The topological polar surface area (TPSA) is 140 Å². The van der Waals surface area contributed by atoms with Crippen LogP contribution >= 0.6 is 12.2 Å². The van der Waals surface area contributed by atoms with Gasteiger partial charge in [-0.25, -0.2) is 15.0 Å². The number of nitrogens with two attached hydrogens (primary N) is 1. The van der Waals surface area contributed by atoms with E-state index in [0.29, 0.717) is 16.9 Å². The zero-order valence-electron chi connectivity index (χ0n) is 11.6. The van der Waals surface area contributed by atoms with Crippen LogP contribution in [0.5, 0.6) is 0 Å². The van der Waals surface area contributed by atoms with Crippen LogP contribution in [0.25, 0.3) is 11.2 Å². The fraction of sp³-hybridized carbons (Fsp3) is 0.500. The summed E-state index contributed by atoms with van der Waals surface area (Å²) in [4.78, 5) is 12.3. The lowest BCUT2D eigenvalue weighted by Crippen LogP contribution is -2.44. The number of aliphatic hydroxyl groups is 3. The Labute approximate surface area is 130 Å². The van der Waals surface area contributed by atoms with E-state index in [1.54, 1.807) is 0 Å². The highest BCUT2D eigenvalue weighted by atomic mass is 32.1. The summed E-state index contributed by atoms with van der Waals surface area (Å²) < 4.78 is 7.00. The fourth-order valence-corrected chi connectivity index (χ4v) is 2.74. The van der Waals surface area contributed by atoms with Crippen molar-refractivity contribution in [2.45, 2.75) is 31.0 Å². The van der Waals surface area contributed by atoms with Crippen molar-refractivity contribution < 1.29 is 20.1 Å². The molecule has 1 saturated heterocycles. The Morgan fingerprint density at radius 3 is 2.82 bits per heavy atom. The summed E-state index contributed by atoms with van der Waals surface area (Å²) in [6, 6.07) is 0. The van der Waals surface area contributed by atoms with Gasteiger partial charge in [0.05, 0.1) is 12.9 Å². The van der Waals surface area contributed by atoms with E-state index >= 15 is 0 Å². The molecule has 0 amide bonds. The van der Waals surface area contributed by atoms with Gasteiger partial charge in [0.15, 0.2) is 11.9 Å². The van der Waals surface area contributed by atoms with E-state index < -0.39 is 30.6 Å². The Morgan fingerprint density at radius 2 is 2.23 bits per heavy atom. The predicted molar refractivity (Wildman–Crippen MR) is 78.8 cm³/mol. The van der Waals surface area contributed by atoms with Gasteiger partial charge < -0.3 is 25.8 Å². The molecule has 5 N–H and O–H groups in total. The second-order valence-electron chi connectivity index (χ2n) is 5.29. The van der Waals surface area contributed by atoms with Crippen molar-refractivity contribution in [3.05, 3.63) is 18.3 Å². The van der Waals surface area contributed by atoms with Gasteiger partial charge in [0.25, 0.3) is 0 Å². The largest absolute Gasteiger partial charge is 0.394 e. The summed E-state index contributed by atoms with van der Waals surface area (Å²) in [5.74, 6) is 0. The molecule has 1 fully saturated rings. The summed E-state index contributed by atoms with van der Waals surface area (Å²) in [7, 11) is 0. The van der Waals surface area contributed by atoms with Crippen LogP contribution in [0.2, 0.25) is 0 Å². The zero-order chi connectivity index (χ0) is 16.1. The molecule has 0 aliphatic carbocycles. The van der Waals surface area contributed by atoms with Crippen molar-refractivity contribution >= 4 is 28.4 Å². The van der Waals surface area contributed by atoms with E-state index in [-0.39, 0.29) is 4.99 Å². The van der Waals surface area contributed by atoms with Crippen molar-refractivity contribution in [3.8, 4) is 0 Å². The van der Waals surface area contributed by atoms with Gasteiger partial charge in [-0.15, -0.1) is 0 Å². The number of thiocarbonyl (C=S) groups is 1. The fourth-order valence-electron chi connectivity index (χ4n) is 2.59. The lowest BCUT2D eigenvalue weighted by Gasteiger charge is -2.27. The van der Waals surface area contributed by atoms with E-state index in [1.165, 1.54) is 24.1 Å². The molecule has 2 aromatic rings. The van der Waals surface area contributed by atoms with Crippen molar-refractivity contribution in [2.75, 3.05) is 6.61 Å². The third kappa shape index (κ3) is 2.08. The minimum atomic E-state index is -1.63. The molecular weight excluding hydrogens is 310 g/mol. The van der Waals surface area contributed by atoms with E-state index in [4.69, 9.17) is 22.7 Å². The number of aromatic nitrogens is 4. The number of hydrogen-bond donors (Lipinski definition) is 4. The van der Waals surface area contributed by atoms with Crippen molar-refractivity contribution in [2.24, 2.45) is 5.73 Å². The van der Waals surface area contributed by atoms with Crippen LogP contribution in [0, 0.1) is 0 Å². The summed E-state index contributed by atoms with van der Waals surface area (Å²) in [6.07, 6.45) is -0.462. The molecular formula is C12H15N5O4S. The first-order valence-corrected chi connectivity index (χ1v) is 6.92. The van der Waals surface area contributed by atoms with Gasteiger partial charge in [0.1, 0.15) is 40.3 Å². The molecule has 0 saturated carbocycles. The maximum atomic E-state index is 10.5. The highest BCUT2D eigenvalue weighted by Gasteiger charge is 2.53. The molecule has 2 aromatic heterocycles. The Hall–Kier alpha value is -1.72. The predicted octanol–water partition coefficient (Wildman–Crippen LogP) is -1.54. The van der Waals surface area contributed by atoms with E-state index in [2.05, 4.69) is 15.0 Å². The summed E-state index contributed by atoms with van der Waals surface area (Å²) in [5.41, 5.74) is 5.01. The third-order valence-electron chi connectivity index (χ3n) is 3.78. The highest BCUT2D eigenvalue weighted by Crippen LogP contribution is 2.39.